The summed E-state index contributed by atoms with van der Waals surface area (Å²) in [4.78, 5) is 0. The van der Waals surface area contributed by atoms with Crippen molar-refractivity contribution >= 4 is 5.71 Å². The van der Waals surface area contributed by atoms with Crippen LogP contribution >= 0.6 is 0 Å². The molecule has 0 amide bonds. The molecule has 0 fully saturated rings. The Kier molecular flexibility index (Phi) is 5.56. The second kappa shape index (κ2) is 7.84. The summed E-state index contributed by atoms with van der Waals surface area (Å²) in [6.45, 7) is 2.45. The van der Waals surface area contributed by atoms with Crippen molar-refractivity contribution in [2.45, 2.75) is 26.4 Å². The van der Waals surface area contributed by atoms with Crippen LogP contribution in [0.1, 0.15) is 30.0 Å². The summed E-state index contributed by atoms with van der Waals surface area (Å²) in [6.07, 6.45) is 2.01. The Labute approximate surface area is 130 Å². The normalized spacial score (nSPS) is 11.0. The highest BCUT2D eigenvalue weighted by Gasteiger charge is 2.10. The van der Waals surface area contributed by atoms with Crippen LogP contribution in [0.5, 0.6) is 5.75 Å². The molecule has 112 valence electrons. The standard InChI is InChI=1S/C18H18N2O2/c1-2-7-14-8-4-6-11-18(14)22-13-15-9-3-5-10-16(15)17(12-19)20-21/h3-6,8-11,21H,2,7,13H2,1H3/b20-17-. The van der Waals surface area contributed by atoms with Crippen molar-refractivity contribution in [1.29, 1.82) is 5.26 Å². The molecule has 0 saturated carbocycles. The van der Waals surface area contributed by atoms with E-state index >= 15 is 0 Å². The third-order valence-corrected chi connectivity index (χ3v) is 3.35. The molecule has 0 spiro atoms. The minimum atomic E-state index is -0.0129. The van der Waals surface area contributed by atoms with Gasteiger partial charge in [0.05, 0.1) is 0 Å². The molecule has 4 nitrogen and oxygen atoms in total. The van der Waals surface area contributed by atoms with Gasteiger partial charge in [-0.05, 0) is 23.6 Å². The summed E-state index contributed by atoms with van der Waals surface area (Å²) in [5.41, 5.74) is 2.54. The first-order valence-electron chi connectivity index (χ1n) is 7.21. The third-order valence-electron chi connectivity index (χ3n) is 3.35. The first-order valence-corrected chi connectivity index (χ1v) is 7.21. The minimum Gasteiger partial charge on any atom is -0.489 e. The zero-order valence-electron chi connectivity index (χ0n) is 12.5. The fourth-order valence-corrected chi connectivity index (χ4v) is 2.29. The monoisotopic (exact) mass is 294 g/mol. The molecule has 0 atom stereocenters. The lowest BCUT2D eigenvalue weighted by Crippen LogP contribution is -2.06. The number of nitriles is 1. The second-order valence-corrected chi connectivity index (χ2v) is 4.86. The lowest BCUT2D eigenvalue weighted by molar-refractivity contribution is 0.302. The van der Waals surface area contributed by atoms with Gasteiger partial charge in [-0.1, -0.05) is 61.0 Å². The molecule has 0 aromatic heterocycles. The highest BCUT2D eigenvalue weighted by Crippen LogP contribution is 2.21. The molecule has 0 radical (unpaired) electrons. The Balaban J connectivity index is 2.21. The number of hydrogen-bond donors (Lipinski definition) is 1. The highest BCUT2D eigenvalue weighted by atomic mass is 16.5. The molecule has 0 bridgehead atoms. The summed E-state index contributed by atoms with van der Waals surface area (Å²) >= 11 is 0. The van der Waals surface area contributed by atoms with Gasteiger partial charge in [-0.25, -0.2) is 0 Å². The molecule has 2 aromatic rings. The zero-order chi connectivity index (χ0) is 15.8. The van der Waals surface area contributed by atoms with Crippen molar-refractivity contribution in [2.75, 3.05) is 0 Å². The van der Waals surface area contributed by atoms with Crippen LogP contribution in [0.15, 0.2) is 53.7 Å². The van der Waals surface area contributed by atoms with Crippen LogP contribution in [0.3, 0.4) is 0 Å². The summed E-state index contributed by atoms with van der Waals surface area (Å²) < 4.78 is 5.91. The summed E-state index contributed by atoms with van der Waals surface area (Å²) in [5, 5.41) is 21.0. The fourth-order valence-electron chi connectivity index (χ4n) is 2.29. The maximum atomic E-state index is 9.02. The van der Waals surface area contributed by atoms with Crippen LogP contribution in [0, 0.1) is 11.3 Å². The maximum Gasteiger partial charge on any atom is 0.187 e. The molecular weight excluding hydrogens is 276 g/mol. The smallest absolute Gasteiger partial charge is 0.187 e. The van der Waals surface area contributed by atoms with E-state index in [1.807, 2.05) is 36.4 Å². The number of nitrogens with zero attached hydrogens (tertiary/aromatic N) is 2. The Morgan fingerprint density at radius 3 is 2.50 bits per heavy atom. The van der Waals surface area contributed by atoms with Gasteiger partial charge in [0, 0.05) is 5.56 Å². The van der Waals surface area contributed by atoms with Gasteiger partial charge in [0.25, 0.3) is 0 Å². The van der Waals surface area contributed by atoms with Crippen molar-refractivity contribution in [3.8, 4) is 11.8 Å². The van der Waals surface area contributed by atoms with E-state index in [0.717, 1.165) is 24.2 Å². The summed E-state index contributed by atoms with van der Waals surface area (Å²) in [6, 6.07) is 17.1. The molecule has 0 saturated heterocycles. The number of oxime groups is 1. The van der Waals surface area contributed by atoms with Crippen molar-refractivity contribution < 1.29 is 9.94 Å². The molecule has 0 aliphatic heterocycles. The van der Waals surface area contributed by atoms with Gasteiger partial charge in [0.2, 0.25) is 0 Å². The number of ether oxygens (including phenoxy) is 1. The molecular formula is C18H18N2O2. The molecule has 0 unspecified atom stereocenters. The second-order valence-electron chi connectivity index (χ2n) is 4.86. The van der Waals surface area contributed by atoms with E-state index in [9.17, 15) is 0 Å². The van der Waals surface area contributed by atoms with E-state index in [0.29, 0.717) is 12.2 Å². The first kappa shape index (κ1) is 15.6. The number of para-hydroxylation sites is 1. The third kappa shape index (κ3) is 3.64. The molecule has 0 aliphatic carbocycles. The number of aryl methyl sites for hydroxylation is 1. The van der Waals surface area contributed by atoms with E-state index in [2.05, 4.69) is 18.1 Å². The average Bonchev–Trinajstić information content (AvgIpc) is 2.56. The molecule has 2 rings (SSSR count). The summed E-state index contributed by atoms with van der Waals surface area (Å²) in [7, 11) is 0. The van der Waals surface area contributed by atoms with Crippen LogP contribution in [0.2, 0.25) is 0 Å². The van der Waals surface area contributed by atoms with Gasteiger partial charge in [-0.3, -0.25) is 0 Å². The van der Waals surface area contributed by atoms with Crippen LogP contribution in [-0.4, -0.2) is 10.9 Å². The molecule has 0 heterocycles. The topological polar surface area (TPSA) is 65.6 Å². The Morgan fingerprint density at radius 1 is 1.14 bits per heavy atom. The molecule has 2 aromatic carbocycles. The Bertz CT molecular complexity index is 702. The Morgan fingerprint density at radius 2 is 1.82 bits per heavy atom. The van der Waals surface area contributed by atoms with Crippen LogP contribution in [-0.2, 0) is 13.0 Å². The van der Waals surface area contributed by atoms with Crippen molar-refractivity contribution in [3.05, 3.63) is 65.2 Å². The van der Waals surface area contributed by atoms with E-state index < -0.39 is 0 Å². The zero-order valence-corrected chi connectivity index (χ0v) is 12.5. The van der Waals surface area contributed by atoms with E-state index in [1.165, 1.54) is 5.56 Å². The van der Waals surface area contributed by atoms with Gasteiger partial charge in [-0.2, -0.15) is 5.26 Å². The van der Waals surface area contributed by atoms with Crippen molar-refractivity contribution in [2.24, 2.45) is 5.16 Å². The lowest BCUT2D eigenvalue weighted by Gasteiger charge is -2.12. The van der Waals surface area contributed by atoms with Crippen molar-refractivity contribution in [3.63, 3.8) is 0 Å². The maximum absolute atomic E-state index is 9.02. The van der Waals surface area contributed by atoms with Gasteiger partial charge in [0.1, 0.15) is 18.4 Å². The minimum absolute atomic E-state index is 0.0129. The average molecular weight is 294 g/mol. The number of rotatable bonds is 6. The van der Waals surface area contributed by atoms with Gasteiger partial charge in [-0.15, -0.1) is 0 Å². The number of hydrogen-bond acceptors (Lipinski definition) is 4. The van der Waals surface area contributed by atoms with E-state index in [1.54, 1.807) is 12.1 Å². The predicted octanol–water partition coefficient (Wildman–Crippen LogP) is 3.92. The molecule has 1 N–H and O–H groups in total. The largest absolute Gasteiger partial charge is 0.489 e. The van der Waals surface area contributed by atoms with Crippen LogP contribution < -0.4 is 4.74 Å². The highest BCUT2D eigenvalue weighted by molar-refractivity contribution is 6.12. The molecule has 22 heavy (non-hydrogen) atoms. The number of benzene rings is 2. The predicted molar refractivity (Wildman–Crippen MR) is 85.1 cm³/mol. The van der Waals surface area contributed by atoms with Crippen molar-refractivity contribution in [1.82, 2.24) is 0 Å². The van der Waals surface area contributed by atoms with Gasteiger partial charge < -0.3 is 9.94 Å². The van der Waals surface area contributed by atoms with E-state index in [-0.39, 0.29) is 5.71 Å². The molecule has 0 aliphatic rings. The quantitative estimate of drug-likeness (QED) is 0.499. The molecule has 4 heteroatoms. The first-order chi connectivity index (χ1) is 10.8. The van der Waals surface area contributed by atoms with Gasteiger partial charge >= 0.3 is 0 Å². The van der Waals surface area contributed by atoms with Gasteiger partial charge in [0.15, 0.2) is 5.71 Å². The SMILES string of the molecule is CCCc1ccccc1OCc1ccccc1/C(C#N)=N\O. The van der Waals surface area contributed by atoms with Crippen LogP contribution in [0.25, 0.3) is 0 Å². The van der Waals surface area contributed by atoms with E-state index in [4.69, 9.17) is 15.2 Å². The lowest BCUT2D eigenvalue weighted by atomic mass is 10.0. The van der Waals surface area contributed by atoms with Crippen LogP contribution in [0.4, 0.5) is 0 Å². The fraction of sp³-hybridized carbons (Fsp3) is 0.222. The summed E-state index contributed by atoms with van der Waals surface area (Å²) in [5.74, 6) is 0.846. The Hall–Kier alpha value is -2.80.